The first kappa shape index (κ1) is 9.50. The largest absolute Gasteiger partial charge is 0.367 e. The Bertz CT molecular complexity index is 292. The number of aromatic nitrogens is 1. The van der Waals surface area contributed by atoms with Crippen molar-refractivity contribution in [3.63, 3.8) is 0 Å². The van der Waals surface area contributed by atoms with Crippen molar-refractivity contribution in [3.05, 3.63) is 23.9 Å². The van der Waals surface area contributed by atoms with Crippen molar-refractivity contribution in [2.45, 2.75) is 39.2 Å². The van der Waals surface area contributed by atoms with Crippen LogP contribution >= 0.6 is 0 Å². The molecule has 14 heavy (non-hydrogen) atoms. The summed E-state index contributed by atoms with van der Waals surface area (Å²) >= 11 is 0. The van der Waals surface area contributed by atoms with Gasteiger partial charge in [-0.1, -0.05) is 19.4 Å². The van der Waals surface area contributed by atoms with Crippen molar-refractivity contribution in [2.24, 2.45) is 5.92 Å². The molecule has 0 spiro atoms. The number of nitrogens with zero attached hydrogens (tertiary/aromatic N) is 1. The van der Waals surface area contributed by atoms with Gasteiger partial charge >= 0.3 is 0 Å². The third kappa shape index (κ3) is 2.25. The zero-order chi connectivity index (χ0) is 9.97. The highest BCUT2D eigenvalue weighted by molar-refractivity contribution is 5.38. The Labute approximate surface area is 85.7 Å². The average Bonchev–Trinajstić information content (AvgIpc) is 2.89. The Balaban J connectivity index is 1.84. The lowest BCUT2D eigenvalue weighted by Gasteiger charge is -2.04. The summed E-state index contributed by atoms with van der Waals surface area (Å²) in [5.41, 5.74) is 1.22. The van der Waals surface area contributed by atoms with Crippen molar-refractivity contribution < 1.29 is 0 Å². The lowest BCUT2D eigenvalue weighted by Crippen LogP contribution is -2.05. The molecule has 0 aliphatic heterocycles. The molecule has 1 heterocycles. The topological polar surface area (TPSA) is 24.9 Å². The number of aryl methyl sites for hydroxylation is 1. The molecule has 2 nitrogen and oxygen atoms in total. The van der Waals surface area contributed by atoms with Crippen LogP contribution in [0.3, 0.4) is 0 Å². The van der Waals surface area contributed by atoms with Gasteiger partial charge in [0.1, 0.15) is 5.82 Å². The maximum Gasteiger partial charge on any atom is 0.126 e. The van der Waals surface area contributed by atoms with E-state index in [9.17, 15) is 0 Å². The molecule has 1 aromatic heterocycles. The average molecular weight is 190 g/mol. The van der Waals surface area contributed by atoms with Crippen LogP contribution in [-0.4, -0.2) is 11.0 Å². The van der Waals surface area contributed by atoms with E-state index in [1.807, 2.05) is 6.20 Å². The van der Waals surface area contributed by atoms with Gasteiger partial charge in [0.15, 0.2) is 0 Å². The molecule has 1 aliphatic carbocycles. The van der Waals surface area contributed by atoms with E-state index >= 15 is 0 Å². The molecule has 1 saturated carbocycles. The van der Waals surface area contributed by atoms with E-state index in [1.165, 1.54) is 24.8 Å². The highest BCUT2D eigenvalue weighted by Gasteiger charge is 2.35. The Kier molecular flexibility index (Phi) is 2.71. The van der Waals surface area contributed by atoms with Gasteiger partial charge in [0.25, 0.3) is 0 Å². The molecule has 0 bridgehead atoms. The van der Waals surface area contributed by atoms with Gasteiger partial charge in [0.2, 0.25) is 0 Å². The molecule has 76 valence electrons. The van der Waals surface area contributed by atoms with Crippen LogP contribution < -0.4 is 5.32 Å². The van der Waals surface area contributed by atoms with E-state index in [1.54, 1.807) is 0 Å². The van der Waals surface area contributed by atoms with Gasteiger partial charge in [-0.3, -0.25) is 0 Å². The van der Waals surface area contributed by atoms with Crippen LogP contribution in [0.25, 0.3) is 0 Å². The molecular weight excluding hydrogens is 172 g/mol. The number of nitrogens with one attached hydrogen (secondary N) is 1. The molecule has 0 amide bonds. The lowest BCUT2D eigenvalue weighted by atomic mass is 10.2. The fraction of sp³-hybridized carbons (Fsp3) is 0.583. The van der Waals surface area contributed by atoms with Crippen molar-refractivity contribution >= 4 is 5.82 Å². The van der Waals surface area contributed by atoms with Gasteiger partial charge < -0.3 is 5.32 Å². The minimum atomic E-state index is 0.685. The molecule has 1 aromatic rings. The normalized spacial score (nSPS) is 24.7. The molecule has 1 fully saturated rings. The molecule has 0 saturated heterocycles. The monoisotopic (exact) mass is 190 g/mol. The number of hydrogen-bond donors (Lipinski definition) is 1. The zero-order valence-electron chi connectivity index (χ0n) is 8.96. The van der Waals surface area contributed by atoms with E-state index in [0.29, 0.717) is 6.04 Å². The third-order valence-corrected chi connectivity index (χ3v) is 2.83. The molecule has 0 aromatic carbocycles. The lowest BCUT2D eigenvalue weighted by molar-refractivity contribution is 0.692. The van der Waals surface area contributed by atoms with Gasteiger partial charge in [0, 0.05) is 12.2 Å². The zero-order valence-corrected chi connectivity index (χ0v) is 8.96. The summed E-state index contributed by atoms with van der Waals surface area (Å²) in [6.45, 7) is 4.31. The second-order valence-electron chi connectivity index (χ2n) is 4.26. The molecule has 2 unspecified atom stereocenters. The second-order valence-corrected chi connectivity index (χ2v) is 4.26. The maximum absolute atomic E-state index is 4.34. The number of rotatable bonds is 4. The van der Waals surface area contributed by atoms with Crippen LogP contribution in [0, 0.1) is 12.8 Å². The van der Waals surface area contributed by atoms with Gasteiger partial charge in [-0.15, -0.1) is 0 Å². The SMILES string of the molecule is CCCC1CC1Nc1ccc(C)cn1. The number of anilines is 1. The summed E-state index contributed by atoms with van der Waals surface area (Å²) in [7, 11) is 0. The third-order valence-electron chi connectivity index (χ3n) is 2.83. The summed E-state index contributed by atoms with van der Waals surface area (Å²) in [5, 5.41) is 3.47. The molecular formula is C12H18N2. The van der Waals surface area contributed by atoms with E-state index in [0.717, 1.165) is 11.7 Å². The molecule has 2 heteroatoms. The van der Waals surface area contributed by atoms with Crippen molar-refractivity contribution in [1.82, 2.24) is 4.98 Å². The molecule has 0 radical (unpaired) electrons. The second kappa shape index (κ2) is 3.99. The van der Waals surface area contributed by atoms with Gasteiger partial charge in [-0.25, -0.2) is 4.98 Å². The van der Waals surface area contributed by atoms with Gasteiger partial charge in [0.05, 0.1) is 0 Å². The minimum absolute atomic E-state index is 0.685. The Hall–Kier alpha value is -1.05. The molecule has 1 aliphatic rings. The predicted molar refractivity (Wildman–Crippen MR) is 59.4 cm³/mol. The summed E-state index contributed by atoms with van der Waals surface area (Å²) in [6, 6.07) is 4.86. The van der Waals surface area contributed by atoms with Crippen LogP contribution in [0.5, 0.6) is 0 Å². The fourth-order valence-electron chi connectivity index (χ4n) is 1.86. The standard InChI is InChI=1S/C12H18N2/c1-3-4-10-7-11(10)14-12-6-5-9(2)8-13-12/h5-6,8,10-11H,3-4,7H2,1-2H3,(H,13,14). The molecule has 2 atom stereocenters. The summed E-state index contributed by atoms with van der Waals surface area (Å²) in [5.74, 6) is 1.92. The highest BCUT2D eigenvalue weighted by atomic mass is 15.0. The smallest absolute Gasteiger partial charge is 0.126 e. The Morgan fingerprint density at radius 3 is 3.00 bits per heavy atom. The van der Waals surface area contributed by atoms with E-state index in [4.69, 9.17) is 0 Å². The quantitative estimate of drug-likeness (QED) is 0.789. The molecule has 1 N–H and O–H groups in total. The van der Waals surface area contributed by atoms with Crippen molar-refractivity contribution in [1.29, 1.82) is 0 Å². The molecule has 2 rings (SSSR count). The van der Waals surface area contributed by atoms with Crippen LogP contribution in [0.15, 0.2) is 18.3 Å². The van der Waals surface area contributed by atoms with Crippen LogP contribution in [0.2, 0.25) is 0 Å². The van der Waals surface area contributed by atoms with Crippen molar-refractivity contribution in [3.8, 4) is 0 Å². The number of pyridine rings is 1. The first-order valence-corrected chi connectivity index (χ1v) is 5.49. The van der Waals surface area contributed by atoms with Gasteiger partial charge in [-0.2, -0.15) is 0 Å². The van der Waals surface area contributed by atoms with E-state index in [2.05, 4.69) is 36.3 Å². The van der Waals surface area contributed by atoms with Crippen LogP contribution in [-0.2, 0) is 0 Å². The van der Waals surface area contributed by atoms with E-state index < -0.39 is 0 Å². The highest BCUT2D eigenvalue weighted by Crippen LogP contribution is 2.36. The fourth-order valence-corrected chi connectivity index (χ4v) is 1.86. The Morgan fingerprint density at radius 2 is 2.36 bits per heavy atom. The predicted octanol–water partition coefficient (Wildman–Crippen LogP) is 2.99. The van der Waals surface area contributed by atoms with Crippen LogP contribution in [0.1, 0.15) is 31.7 Å². The summed E-state index contributed by atoms with van der Waals surface area (Å²) < 4.78 is 0. The summed E-state index contributed by atoms with van der Waals surface area (Å²) in [6.07, 6.45) is 5.89. The summed E-state index contributed by atoms with van der Waals surface area (Å²) in [4.78, 5) is 4.34. The van der Waals surface area contributed by atoms with Gasteiger partial charge in [-0.05, 0) is 37.3 Å². The first-order chi connectivity index (χ1) is 6.79. The van der Waals surface area contributed by atoms with E-state index in [-0.39, 0.29) is 0 Å². The van der Waals surface area contributed by atoms with Crippen LogP contribution in [0.4, 0.5) is 5.82 Å². The first-order valence-electron chi connectivity index (χ1n) is 5.49. The number of hydrogen-bond acceptors (Lipinski definition) is 2. The Morgan fingerprint density at radius 1 is 1.50 bits per heavy atom. The minimum Gasteiger partial charge on any atom is -0.367 e. The maximum atomic E-state index is 4.34. The van der Waals surface area contributed by atoms with Crippen molar-refractivity contribution in [2.75, 3.05) is 5.32 Å².